The Bertz CT molecular complexity index is 1180. The average molecular weight is 442 g/mol. The zero-order valence-electron chi connectivity index (χ0n) is 15.3. The predicted molar refractivity (Wildman–Crippen MR) is 124 cm³/mol. The molecule has 4 nitrogen and oxygen atoms in total. The van der Waals surface area contributed by atoms with Crippen LogP contribution in [0.5, 0.6) is 0 Å². The summed E-state index contributed by atoms with van der Waals surface area (Å²) in [6.45, 7) is 0.355. The molecule has 0 fully saturated rings. The van der Waals surface area contributed by atoms with E-state index in [4.69, 9.17) is 28.3 Å². The quantitative estimate of drug-likeness (QED) is 0.339. The van der Waals surface area contributed by atoms with Crippen LogP contribution in [-0.4, -0.2) is 28.8 Å². The van der Waals surface area contributed by atoms with Crippen LogP contribution >= 0.6 is 34.7 Å². The lowest BCUT2D eigenvalue weighted by Crippen LogP contribution is -1.94. The molecule has 146 valence electrons. The number of fused-ring (bicyclic) bond motifs is 1. The molecule has 0 bridgehead atoms. The molecular formula is C22H17Cl2N3OS. The first-order chi connectivity index (χ1) is 14.2. The molecule has 0 unspecified atom stereocenters. The highest BCUT2D eigenvalue weighted by molar-refractivity contribution is 7.13. The number of nitrogens with zero attached hydrogens (tertiary/aromatic N) is 2. The molecule has 0 aliphatic carbocycles. The summed E-state index contributed by atoms with van der Waals surface area (Å²) in [4.78, 5) is 4.14. The average Bonchev–Trinajstić information content (AvgIpc) is 3.12. The Morgan fingerprint density at radius 3 is 2.69 bits per heavy atom. The zero-order valence-corrected chi connectivity index (χ0v) is 17.6. The fourth-order valence-corrected chi connectivity index (χ4v) is 4.24. The van der Waals surface area contributed by atoms with Gasteiger partial charge in [-0.25, -0.2) is 0 Å². The molecule has 7 heteroatoms. The van der Waals surface area contributed by atoms with Gasteiger partial charge in [-0.2, -0.15) is 4.37 Å². The van der Waals surface area contributed by atoms with E-state index in [1.807, 2.05) is 60.7 Å². The zero-order chi connectivity index (χ0) is 20.2. The van der Waals surface area contributed by atoms with Crippen molar-refractivity contribution in [2.45, 2.75) is 0 Å². The number of nitrogens with one attached hydrogen (secondary N) is 1. The molecule has 4 aromatic rings. The van der Waals surface area contributed by atoms with Crippen molar-refractivity contribution >= 4 is 62.5 Å². The molecule has 0 amide bonds. The number of aliphatic hydroxyl groups excluding tert-OH is 1. The number of aliphatic hydroxyl groups is 1. The first-order valence-electron chi connectivity index (χ1n) is 8.98. The van der Waals surface area contributed by atoms with Crippen LogP contribution in [0, 0.1) is 0 Å². The van der Waals surface area contributed by atoms with Crippen molar-refractivity contribution < 1.29 is 5.11 Å². The minimum Gasteiger partial charge on any atom is -0.394 e. The Balaban J connectivity index is 1.68. The van der Waals surface area contributed by atoms with Crippen molar-refractivity contribution in [2.75, 3.05) is 18.5 Å². The van der Waals surface area contributed by atoms with Crippen molar-refractivity contribution in [1.82, 2.24) is 4.37 Å². The summed E-state index contributed by atoms with van der Waals surface area (Å²) in [5.74, 6) is 0.706. The second-order valence-electron chi connectivity index (χ2n) is 6.32. The van der Waals surface area contributed by atoms with E-state index in [9.17, 15) is 0 Å². The number of anilines is 2. The molecule has 0 radical (unpaired) electrons. The summed E-state index contributed by atoms with van der Waals surface area (Å²) in [6.07, 6.45) is 1.67. The number of hydrogen-bond donors (Lipinski definition) is 2. The van der Waals surface area contributed by atoms with E-state index < -0.39 is 0 Å². The van der Waals surface area contributed by atoms with Crippen molar-refractivity contribution in [3.8, 4) is 11.1 Å². The SMILES string of the molecule is OCCN=Cc1cc2snc(Nc3cccc(-c4ccccc4)c3Cl)c2cc1Cl. The van der Waals surface area contributed by atoms with Crippen LogP contribution in [0.25, 0.3) is 21.2 Å². The number of halogens is 2. The maximum atomic E-state index is 8.87. The van der Waals surface area contributed by atoms with Gasteiger partial charge in [0.1, 0.15) is 0 Å². The Morgan fingerprint density at radius 2 is 1.90 bits per heavy atom. The Morgan fingerprint density at radius 1 is 1.07 bits per heavy atom. The molecule has 1 aromatic heterocycles. The van der Waals surface area contributed by atoms with Gasteiger partial charge in [0.25, 0.3) is 0 Å². The van der Waals surface area contributed by atoms with Crippen molar-refractivity contribution in [2.24, 2.45) is 4.99 Å². The Hall–Kier alpha value is -2.44. The van der Waals surface area contributed by atoms with E-state index >= 15 is 0 Å². The highest BCUT2D eigenvalue weighted by Gasteiger charge is 2.13. The molecule has 29 heavy (non-hydrogen) atoms. The third kappa shape index (κ3) is 4.28. The van der Waals surface area contributed by atoms with Gasteiger partial charge in [0, 0.05) is 22.7 Å². The van der Waals surface area contributed by atoms with Crippen LogP contribution in [0.1, 0.15) is 5.56 Å². The van der Waals surface area contributed by atoms with E-state index in [1.165, 1.54) is 11.5 Å². The molecule has 0 atom stereocenters. The highest BCUT2D eigenvalue weighted by Crippen LogP contribution is 2.38. The minimum atomic E-state index is 0.00773. The first-order valence-corrected chi connectivity index (χ1v) is 10.5. The van der Waals surface area contributed by atoms with Crippen LogP contribution in [0.4, 0.5) is 11.5 Å². The lowest BCUT2D eigenvalue weighted by atomic mass is 10.0. The van der Waals surface area contributed by atoms with Crippen molar-refractivity contribution in [3.05, 3.63) is 76.3 Å². The molecule has 0 aliphatic rings. The molecule has 4 rings (SSSR count). The molecule has 0 saturated heterocycles. The van der Waals surface area contributed by atoms with Gasteiger partial charge >= 0.3 is 0 Å². The van der Waals surface area contributed by atoms with Crippen LogP contribution in [0.15, 0.2) is 65.7 Å². The largest absolute Gasteiger partial charge is 0.394 e. The van der Waals surface area contributed by atoms with Gasteiger partial charge in [-0.1, -0.05) is 65.7 Å². The fraction of sp³-hybridized carbons (Fsp3) is 0.0909. The van der Waals surface area contributed by atoms with Gasteiger partial charge in [-0.05, 0) is 35.3 Å². The third-order valence-corrected chi connectivity index (χ3v) is 5.93. The molecule has 0 spiro atoms. The molecule has 1 heterocycles. The second-order valence-corrected chi connectivity index (χ2v) is 7.91. The standard InChI is InChI=1S/C22H17Cl2N3OS/c23-18-12-17-20(11-15(18)13-25-9-10-28)29-27-22(17)26-19-8-4-7-16(21(19)24)14-5-2-1-3-6-14/h1-8,11-13,28H,9-10H2,(H,26,27). The normalized spacial score (nSPS) is 11.4. The van der Waals surface area contributed by atoms with Gasteiger partial charge in [0.2, 0.25) is 0 Å². The maximum Gasteiger partial charge on any atom is 0.152 e. The summed E-state index contributed by atoms with van der Waals surface area (Å²) in [5.41, 5.74) is 3.59. The van der Waals surface area contributed by atoms with E-state index in [-0.39, 0.29) is 6.61 Å². The first kappa shape index (κ1) is 19.9. The number of benzene rings is 3. The summed E-state index contributed by atoms with van der Waals surface area (Å²) >= 11 is 14.5. The summed E-state index contributed by atoms with van der Waals surface area (Å²) in [6, 6.07) is 19.7. The topological polar surface area (TPSA) is 57.5 Å². The van der Waals surface area contributed by atoms with Gasteiger partial charge in [0.15, 0.2) is 5.82 Å². The van der Waals surface area contributed by atoms with Gasteiger partial charge in [-0.15, -0.1) is 0 Å². The molecule has 0 aliphatic heterocycles. The van der Waals surface area contributed by atoms with Gasteiger partial charge < -0.3 is 10.4 Å². The van der Waals surface area contributed by atoms with E-state index in [0.29, 0.717) is 22.4 Å². The van der Waals surface area contributed by atoms with E-state index in [0.717, 1.165) is 32.5 Å². The Labute approximate surface area is 182 Å². The summed E-state index contributed by atoms with van der Waals surface area (Å²) < 4.78 is 5.53. The fourth-order valence-electron chi connectivity index (χ4n) is 2.98. The molecule has 3 aromatic carbocycles. The van der Waals surface area contributed by atoms with Gasteiger partial charge in [0.05, 0.1) is 33.6 Å². The molecule has 2 N–H and O–H groups in total. The van der Waals surface area contributed by atoms with Crippen LogP contribution < -0.4 is 5.32 Å². The smallest absolute Gasteiger partial charge is 0.152 e. The third-order valence-electron chi connectivity index (χ3n) is 4.39. The van der Waals surface area contributed by atoms with Crippen LogP contribution in [-0.2, 0) is 0 Å². The van der Waals surface area contributed by atoms with E-state index in [2.05, 4.69) is 14.7 Å². The summed E-state index contributed by atoms with van der Waals surface area (Å²) in [5, 5.41) is 14.3. The van der Waals surface area contributed by atoms with Crippen LogP contribution in [0.3, 0.4) is 0 Å². The van der Waals surface area contributed by atoms with Crippen molar-refractivity contribution in [3.63, 3.8) is 0 Å². The lowest BCUT2D eigenvalue weighted by molar-refractivity contribution is 0.307. The van der Waals surface area contributed by atoms with E-state index in [1.54, 1.807) is 6.21 Å². The Kier molecular flexibility index (Phi) is 6.11. The lowest BCUT2D eigenvalue weighted by Gasteiger charge is -2.11. The summed E-state index contributed by atoms with van der Waals surface area (Å²) in [7, 11) is 0. The minimum absolute atomic E-state index is 0.00773. The molecule has 0 saturated carbocycles. The van der Waals surface area contributed by atoms with Gasteiger partial charge in [-0.3, -0.25) is 4.99 Å². The number of aromatic nitrogens is 1. The maximum absolute atomic E-state index is 8.87. The monoisotopic (exact) mass is 441 g/mol. The number of rotatable bonds is 6. The highest BCUT2D eigenvalue weighted by atomic mass is 35.5. The number of aliphatic imine (C=N–C) groups is 1. The van der Waals surface area contributed by atoms with Crippen molar-refractivity contribution in [1.29, 1.82) is 0 Å². The van der Waals surface area contributed by atoms with Crippen LogP contribution in [0.2, 0.25) is 10.0 Å². The second kappa shape index (κ2) is 8.93. The molecular weight excluding hydrogens is 425 g/mol. The number of hydrogen-bond acceptors (Lipinski definition) is 5. The predicted octanol–water partition coefficient (Wildman–Crippen LogP) is 6.42.